The molecular formula is C12H17N3O2. The molecule has 1 amide bonds. The van der Waals surface area contributed by atoms with Gasteiger partial charge in [-0.15, -0.1) is 0 Å². The zero-order valence-electron chi connectivity index (χ0n) is 9.84. The molecule has 1 saturated heterocycles. The van der Waals surface area contributed by atoms with Crippen molar-refractivity contribution in [3.8, 4) is 0 Å². The van der Waals surface area contributed by atoms with Crippen LogP contribution in [0.4, 0.5) is 5.69 Å². The van der Waals surface area contributed by atoms with E-state index in [1.807, 2.05) is 6.92 Å². The van der Waals surface area contributed by atoms with E-state index in [0.29, 0.717) is 24.3 Å². The third-order valence-electron chi connectivity index (χ3n) is 3.29. The third-order valence-corrected chi connectivity index (χ3v) is 3.29. The van der Waals surface area contributed by atoms with Crippen LogP contribution in [0.1, 0.15) is 23.7 Å². The van der Waals surface area contributed by atoms with Crippen LogP contribution in [-0.4, -0.2) is 40.1 Å². The molecule has 1 aromatic rings. The smallest absolute Gasteiger partial charge is 0.257 e. The summed E-state index contributed by atoms with van der Waals surface area (Å²) < 4.78 is 0. The summed E-state index contributed by atoms with van der Waals surface area (Å²) in [4.78, 5) is 17.7. The normalized spacial score (nSPS) is 24.7. The van der Waals surface area contributed by atoms with Gasteiger partial charge in [-0.2, -0.15) is 0 Å². The number of likely N-dealkylation sites (tertiary alicyclic amines) is 1. The molecule has 1 fully saturated rings. The van der Waals surface area contributed by atoms with E-state index in [9.17, 15) is 9.90 Å². The first-order valence-corrected chi connectivity index (χ1v) is 5.76. The molecule has 1 aromatic heterocycles. The summed E-state index contributed by atoms with van der Waals surface area (Å²) in [6.07, 6.45) is 3.39. The van der Waals surface area contributed by atoms with Gasteiger partial charge in [0.25, 0.3) is 5.91 Å². The van der Waals surface area contributed by atoms with Gasteiger partial charge >= 0.3 is 0 Å². The second-order valence-electron chi connectivity index (χ2n) is 4.55. The number of amides is 1. The number of β-amino-alcohol motifs (C(OH)–C–C–N with tert-alkyl or cyclic N) is 1. The minimum atomic E-state index is -0.453. The van der Waals surface area contributed by atoms with Crippen LogP contribution in [0.25, 0.3) is 0 Å². The number of aliphatic hydroxyl groups excluding tert-OH is 1. The zero-order chi connectivity index (χ0) is 12.4. The number of nitrogens with zero attached hydrogens (tertiary/aromatic N) is 2. The molecule has 0 aliphatic carbocycles. The monoisotopic (exact) mass is 235 g/mol. The van der Waals surface area contributed by atoms with Crippen molar-refractivity contribution in [3.05, 3.63) is 24.0 Å². The predicted molar refractivity (Wildman–Crippen MR) is 64.3 cm³/mol. The van der Waals surface area contributed by atoms with Gasteiger partial charge in [0.1, 0.15) is 0 Å². The topological polar surface area (TPSA) is 79.5 Å². The highest BCUT2D eigenvalue weighted by Crippen LogP contribution is 2.20. The summed E-state index contributed by atoms with van der Waals surface area (Å²) in [6, 6.07) is 1.61. The van der Waals surface area contributed by atoms with Gasteiger partial charge < -0.3 is 15.7 Å². The summed E-state index contributed by atoms with van der Waals surface area (Å²) in [5.74, 6) is 0.0897. The van der Waals surface area contributed by atoms with Crippen molar-refractivity contribution in [3.63, 3.8) is 0 Å². The minimum absolute atomic E-state index is 0.151. The van der Waals surface area contributed by atoms with E-state index in [1.165, 1.54) is 6.20 Å². The lowest BCUT2D eigenvalue weighted by atomic mass is 9.95. The van der Waals surface area contributed by atoms with Crippen molar-refractivity contribution in [2.24, 2.45) is 5.92 Å². The molecule has 2 rings (SSSR count). The number of nitrogens with two attached hydrogens (primary N) is 1. The summed E-state index contributed by atoms with van der Waals surface area (Å²) in [7, 11) is 0. The molecule has 2 heterocycles. The molecule has 2 unspecified atom stereocenters. The van der Waals surface area contributed by atoms with Crippen LogP contribution in [0.15, 0.2) is 18.5 Å². The fourth-order valence-corrected chi connectivity index (χ4v) is 1.99. The number of aliphatic hydroxyl groups is 1. The zero-order valence-corrected chi connectivity index (χ0v) is 9.84. The SMILES string of the molecule is CC1CCN(C(=O)c2cnccc2N)CC1O. The molecule has 1 aliphatic heterocycles. The fourth-order valence-electron chi connectivity index (χ4n) is 1.99. The highest BCUT2D eigenvalue weighted by molar-refractivity contribution is 5.98. The standard InChI is InChI=1S/C12H17N3O2/c1-8-3-5-15(7-11(8)16)12(17)9-6-14-4-2-10(9)13/h2,4,6,8,11,16H,3,5,7H2,1H3,(H2,13,14). The molecule has 2 atom stereocenters. The van der Waals surface area contributed by atoms with Gasteiger partial charge in [-0.05, 0) is 18.4 Å². The number of hydrogen-bond acceptors (Lipinski definition) is 4. The number of piperidine rings is 1. The second kappa shape index (κ2) is 4.71. The molecule has 1 aliphatic rings. The average molecular weight is 235 g/mol. The Balaban J connectivity index is 2.14. The number of pyridine rings is 1. The Morgan fingerprint density at radius 2 is 2.41 bits per heavy atom. The Morgan fingerprint density at radius 1 is 1.65 bits per heavy atom. The summed E-state index contributed by atoms with van der Waals surface area (Å²) in [6.45, 7) is 3.02. The molecule has 5 heteroatoms. The summed E-state index contributed by atoms with van der Waals surface area (Å²) >= 11 is 0. The molecular weight excluding hydrogens is 218 g/mol. The Kier molecular flexibility index (Phi) is 3.28. The van der Waals surface area contributed by atoms with Crippen molar-refractivity contribution in [2.75, 3.05) is 18.8 Å². The lowest BCUT2D eigenvalue weighted by Crippen LogP contribution is -2.46. The van der Waals surface area contributed by atoms with Gasteiger partial charge in [-0.3, -0.25) is 9.78 Å². The summed E-state index contributed by atoms with van der Waals surface area (Å²) in [5.41, 5.74) is 6.58. The molecule has 92 valence electrons. The van der Waals surface area contributed by atoms with Gasteiger partial charge in [0, 0.05) is 31.2 Å². The van der Waals surface area contributed by atoms with Crippen LogP contribution in [0.2, 0.25) is 0 Å². The maximum Gasteiger partial charge on any atom is 0.257 e. The van der Waals surface area contributed by atoms with E-state index in [4.69, 9.17) is 5.73 Å². The molecule has 0 spiro atoms. The van der Waals surface area contributed by atoms with Gasteiger partial charge in [-0.1, -0.05) is 6.92 Å². The molecule has 0 radical (unpaired) electrons. The Labute approximate surface area is 100 Å². The highest BCUT2D eigenvalue weighted by atomic mass is 16.3. The fraction of sp³-hybridized carbons (Fsp3) is 0.500. The molecule has 3 N–H and O–H groups in total. The van der Waals surface area contributed by atoms with E-state index in [0.717, 1.165) is 6.42 Å². The maximum atomic E-state index is 12.2. The highest BCUT2D eigenvalue weighted by Gasteiger charge is 2.28. The molecule has 0 saturated carbocycles. The Bertz CT molecular complexity index is 422. The number of nitrogen functional groups attached to an aromatic ring is 1. The first-order valence-electron chi connectivity index (χ1n) is 5.76. The van der Waals surface area contributed by atoms with Crippen molar-refractivity contribution in [2.45, 2.75) is 19.4 Å². The number of hydrogen-bond donors (Lipinski definition) is 2. The van der Waals surface area contributed by atoms with E-state index in [2.05, 4.69) is 4.98 Å². The van der Waals surface area contributed by atoms with E-state index in [-0.39, 0.29) is 11.8 Å². The Hall–Kier alpha value is -1.62. The van der Waals surface area contributed by atoms with Gasteiger partial charge in [0.05, 0.1) is 11.7 Å². The van der Waals surface area contributed by atoms with Crippen LogP contribution >= 0.6 is 0 Å². The van der Waals surface area contributed by atoms with Crippen LogP contribution in [0.3, 0.4) is 0 Å². The van der Waals surface area contributed by atoms with Gasteiger partial charge in [0.15, 0.2) is 0 Å². The van der Waals surface area contributed by atoms with Crippen LogP contribution in [0.5, 0.6) is 0 Å². The molecule has 5 nitrogen and oxygen atoms in total. The number of carbonyl (C=O) groups is 1. The van der Waals surface area contributed by atoms with Crippen molar-refractivity contribution in [1.82, 2.24) is 9.88 Å². The van der Waals surface area contributed by atoms with Gasteiger partial charge in [-0.25, -0.2) is 0 Å². The molecule has 0 aromatic carbocycles. The second-order valence-corrected chi connectivity index (χ2v) is 4.55. The number of aromatic nitrogens is 1. The minimum Gasteiger partial charge on any atom is -0.398 e. The third kappa shape index (κ3) is 2.39. The van der Waals surface area contributed by atoms with Crippen molar-refractivity contribution >= 4 is 11.6 Å². The van der Waals surface area contributed by atoms with E-state index >= 15 is 0 Å². The quantitative estimate of drug-likeness (QED) is 0.743. The molecule has 0 bridgehead atoms. The lowest BCUT2D eigenvalue weighted by Gasteiger charge is -2.34. The van der Waals surface area contributed by atoms with Crippen LogP contribution in [-0.2, 0) is 0 Å². The predicted octanol–water partition coefficient (Wildman–Crippen LogP) is 0.507. The first-order chi connectivity index (χ1) is 8.09. The number of rotatable bonds is 1. The molecule has 17 heavy (non-hydrogen) atoms. The average Bonchev–Trinajstić information content (AvgIpc) is 2.32. The van der Waals surface area contributed by atoms with E-state index < -0.39 is 6.10 Å². The largest absolute Gasteiger partial charge is 0.398 e. The Morgan fingerprint density at radius 3 is 3.06 bits per heavy atom. The van der Waals surface area contributed by atoms with E-state index in [1.54, 1.807) is 17.2 Å². The first kappa shape index (κ1) is 11.9. The van der Waals surface area contributed by atoms with Crippen LogP contribution < -0.4 is 5.73 Å². The van der Waals surface area contributed by atoms with Crippen molar-refractivity contribution < 1.29 is 9.90 Å². The number of carbonyl (C=O) groups excluding carboxylic acids is 1. The van der Waals surface area contributed by atoms with Gasteiger partial charge in [0.2, 0.25) is 0 Å². The van der Waals surface area contributed by atoms with Crippen molar-refractivity contribution in [1.29, 1.82) is 0 Å². The maximum absolute atomic E-state index is 12.2. The lowest BCUT2D eigenvalue weighted by molar-refractivity contribution is 0.0249. The van der Waals surface area contributed by atoms with Crippen LogP contribution in [0, 0.1) is 5.92 Å². The number of anilines is 1. The summed E-state index contributed by atoms with van der Waals surface area (Å²) in [5, 5.41) is 9.77.